The monoisotopic (exact) mass is 517 g/mol. The van der Waals surface area contributed by atoms with Gasteiger partial charge in [0.1, 0.15) is 5.75 Å². The number of halogens is 1. The second kappa shape index (κ2) is 8.45. The number of nitrogens with one attached hydrogen (secondary N) is 1. The highest BCUT2D eigenvalue weighted by atomic mass is 127. The highest BCUT2D eigenvalue weighted by molar-refractivity contribution is 14.1. The summed E-state index contributed by atoms with van der Waals surface area (Å²) < 4.78 is 27.2. The number of hydrogen-bond donors (Lipinski definition) is 2. The van der Waals surface area contributed by atoms with Gasteiger partial charge in [0.2, 0.25) is 0 Å². The Morgan fingerprint density at radius 3 is 2.14 bits per heavy atom. The molecule has 0 bridgehead atoms. The van der Waals surface area contributed by atoms with Gasteiger partial charge in [0.15, 0.2) is 0 Å². The fraction of sp³-hybridized carbons (Fsp3) is 0.222. The summed E-state index contributed by atoms with van der Waals surface area (Å²) in [7, 11) is -4.15. The van der Waals surface area contributed by atoms with Crippen LogP contribution < -0.4 is 14.7 Å². The van der Waals surface area contributed by atoms with Crippen LogP contribution in [0.1, 0.15) is 41.5 Å². The Bertz CT molecular complexity index is 985. The van der Waals surface area contributed by atoms with Crippen LogP contribution in [-0.2, 0) is 10.3 Å². The van der Waals surface area contributed by atoms with Crippen LogP contribution >= 0.6 is 22.6 Å². The Morgan fingerprint density at radius 1 is 1.07 bits per heavy atom. The Hall–Kier alpha value is -2.18. The summed E-state index contributed by atoms with van der Waals surface area (Å²) in [6.45, 7) is 5.39. The van der Waals surface area contributed by atoms with Gasteiger partial charge in [0.25, 0.3) is 11.8 Å². The number of carbonyl (C=O) groups excluding carboxylic acids is 2. The largest absolute Gasteiger partial charge is 0.380 e. The molecule has 2 aromatic carbocycles. The van der Waals surface area contributed by atoms with E-state index in [1.165, 1.54) is 29.3 Å². The molecule has 0 aliphatic heterocycles. The molecule has 0 radical (unpaired) electrons. The van der Waals surface area contributed by atoms with E-state index in [-0.39, 0.29) is 17.2 Å². The van der Waals surface area contributed by atoms with Crippen molar-refractivity contribution in [2.45, 2.75) is 26.3 Å². The first-order valence-electron chi connectivity index (χ1n) is 8.11. The lowest BCUT2D eigenvalue weighted by atomic mass is 10.1. The molecule has 0 unspecified atom stereocenters. The van der Waals surface area contributed by atoms with E-state index in [4.69, 9.17) is 5.14 Å². The molecular weight excluding hydrogens is 497 g/mol. The minimum absolute atomic E-state index is 0.0263. The zero-order valence-corrected chi connectivity index (χ0v) is 18.4. The third-order valence-electron chi connectivity index (χ3n) is 3.52. The maximum absolute atomic E-state index is 13.0. The molecule has 0 aliphatic carbocycles. The number of benzene rings is 2. The van der Waals surface area contributed by atoms with Crippen LogP contribution in [0.15, 0.2) is 48.5 Å². The molecule has 28 heavy (non-hydrogen) atoms. The lowest BCUT2D eigenvalue weighted by Crippen LogP contribution is -2.56. The average molecular weight is 517 g/mol. The number of amides is 2. The molecule has 10 heteroatoms. The van der Waals surface area contributed by atoms with Crippen LogP contribution in [0.25, 0.3) is 0 Å². The molecule has 0 saturated heterocycles. The van der Waals surface area contributed by atoms with Gasteiger partial charge in [-0.25, -0.2) is 5.01 Å². The summed E-state index contributed by atoms with van der Waals surface area (Å²) in [6, 6.07) is 12.4. The number of nitrogens with zero attached hydrogens (tertiary/aromatic N) is 1. The van der Waals surface area contributed by atoms with E-state index >= 15 is 0 Å². The van der Waals surface area contributed by atoms with Crippen LogP contribution in [-0.4, -0.2) is 30.8 Å². The fourth-order valence-corrected chi connectivity index (χ4v) is 3.24. The van der Waals surface area contributed by atoms with Gasteiger partial charge in [0.05, 0.1) is 11.1 Å². The Labute approximate surface area is 177 Å². The maximum atomic E-state index is 13.0. The van der Waals surface area contributed by atoms with Gasteiger partial charge in [-0.15, -0.1) is 0 Å². The molecule has 0 spiro atoms. The van der Waals surface area contributed by atoms with Gasteiger partial charge in [-0.1, -0.05) is 12.1 Å². The molecule has 0 aliphatic rings. The summed E-state index contributed by atoms with van der Waals surface area (Å²) >= 11 is 2.06. The maximum Gasteiger partial charge on any atom is 0.380 e. The molecule has 0 fully saturated rings. The van der Waals surface area contributed by atoms with E-state index < -0.39 is 21.8 Å². The first-order valence-corrected chi connectivity index (χ1v) is 10.7. The molecule has 2 rings (SSSR count). The van der Waals surface area contributed by atoms with Crippen molar-refractivity contribution in [2.75, 3.05) is 0 Å². The van der Waals surface area contributed by atoms with Crippen LogP contribution in [0.3, 0.4) is 0 Å². The molecule has 0 heterocycles. The van der Waals surface area contributed by atoms with Crippen molar-refractivity contribution in [1.29, 1.82) is 0 Å². The van der Waals surface area contributed by atoms with Gasteiger partial charge in [-0.3, -0.25) is 15.0 Å². The van der Waals surface area contributed by atoms with Gasteiger partial charge in [0, 0.05) is 9.13 Å². The van der Waals surface area contributed by atoms with Crippen LogP contribution in [0.2, 0.25) is 0 Å². The molecule has 8 nitrogen and oxygen atoms in total. The van der Waals surface area contributed by atoms with Crippen molar-refractivity contribution in [3.8, 4) is 5.75 Å². The third kappa shape index (κ3) is 5.91. The Balaban J connectivity index is 2.24. The predicted octanol–water partition coefficient (Wildman–Crippen LogP) is 2.46. The zero-order chi connectivity index (χ0) is 21.1. The number of nitrogens with two attached hydrogens (primary N) is 1. The second-order valence-corrected chi connectivity index (χ2v) is 9.15. The molecule has 2 aromatic rings. The van der Waals surface area contributed by atoms with E-state index in [1.54, 1.807) is 39.0 Å². The standard InChI is InChI=1S/C18H20IN3O5S/c1-18(2,3)22(17(24)14-6-4-5-7-15(14)19)21-16(23)12-8-10-13(11-9-12)27-28(20,25)26/h4-11H,1-3H3,(H,21,23)(H2,20,25,26). The lowest BCUT2D eigenvalue weighted by molar-refractivity contribution is 0.0357. The summed E-state index contributed by atoms with van der Waals surface area (Å²) in [5.74, 6) is -0.905. The van der Waals surface area contributed by atoms with Crippen molar-refractivity contribution in [2.24, 2.45) is 5.14 Å². The summed E-state index contributed by atoms with van der Waals surface area (Å²) in [4.78, 5) is 25.6. The van der Waals surface area contributed by atoms with Crippen molar-refractivity contribution in [1.82, 2.24) is 10.4 Å². The Kier molecular flexibility index (Phi) is 6.67. The number of hydrogen-bond acceptors (Lipinski definition) is 5. The van der Waals surface area contributed by atoms with Gasteiger partial charge < -0.3 is 4.18 Å². The zero-order valence-electron chi connectivity index (χ0n) is 15.5. The SMILES string of the molecule is CC(C)(C)N(NC(=O)c1ccc(OS(N)(=O)=O)cc1)C(=O)c1ccccc1I. The van der Waals surface area contributed by atoms with Crippen molar-refractivity contribution in [3.05, 3.63) is 63.2 Å². The van der Waals surface area contributed by atoms with Crippen molar-refractivity contribution >= 4 is 44.7 Å². The first kappa shape index (κ1) is 22.1. The van der Waals surface area contributed by atoms with Crippen molar-refractivity contribution in [3.63, 3.8) is 0 Å². The van der Waals surface area contributed by atoms with Gasteiger partial charge >= 0.3 is 10.3 Å². The van der Waals surface area contributed by atoms with E-state index in [0.29, 0.717) is 5.56 Å². The molecule has 0 saturated carbocycles. The normalized spacial score (nSPS) is 11.6. The van der Waals surface area contributed by atoms with E-state index in [0.717, 1.165) is 3.57 Å². The first-order chi connectivity index (χ1) is 12.9. The molecule has 150 valence electrons. The lowest BCUT2D eigenvalue weighted by Gasteiger charge is -2.35. The van der Waals surface area contributed by atoms with Crippen LogP contribution in [0, 0.1) is 3.57 Å². The number of rotatable bonds is 4. The van der Waals surface area contributed by atoms with E-state index in [1.807, 2.05) is 6.07 Å². The average Bonchev–Trinajstić information content (AvgIpc) is 2.57. The molecule has 0 aromatic heterocycles. The van der Waals surface area contributed by atoms with E-state index in [9.17, 15) is 18.0 Å². The predicted molar refractivity (Wildman–Crippen MR) is 113 cm³/mol. The molecule has 2 amide bonds. The fourth-order valence-electron chi connectivity index (χ4n) is 2.24. The van der Waals surface area contributed by atoms with E-state index in [2.05, 4.69) is 32.2 Å². The summed E-state index contributed by atoms with van der Waals surface area (Å²) in [5.41, 5.74) is 2.61. The number of hydrazine groups is 1. The topological polar surface area (TPSA) is 119 Å². The van der Waals surface area contributed by atoms with Crippen LogP contribution in [0.5, 0.6) is 5.75 Å². The summed E-state index contributed by atoms with van der Waals surface area (Å²) in [5, 5.41) is 6.07. The summed E-state index contributed by atoms with van der Waals surface area (Å²) in [6.07, 6.45) is 0. The quantitative estimate of drug-likeness (QED) is 0.477. The van der Waals surface area contributed by atoms with Gasteiger partial charge in [-0.2, -0.15) is 13.6 Å². The minimum atomic E-state index is -4.15. The molecular formula is C18H20IN3O5S. The minimum Gasteiger partial charge on any atom is -0.371 e. The highest BCUT2D eigenvalue weighted by Gasteiger charge is 2.30. The smallest absolute Gasteiger partial charge is 0.371 e. The molecule has 3 N–H and O–H groups in total. The number of carbonyl (C=O) groups is 2. The van der Waals surface area contributed by atoms with Crippen molar-refractivity contribution < 1.29 is 22.2 Å². The van der Waals surface area contributed by atoms with Gasteiger partial charge in [-0.05, 0) is 79.8 Å². The second-order valence-electron chi connectivity index (χ2n) is 6.83. The Morgan fingerprint density at radius 2 is 1.64 bits per heavy atom. The highest BCUT2D eigenvalue weighted by Crippen LogP contribution is 2.20. The third-order valence-corrected chi connectivity index (χ3v) is 4.89. The van der Waals surface area contributed by atoms with Crippen LogP contribution in [0.4, 0.5) is 0 Å². The molecule has 0 atom stereocenters.